The summed E-state index contributed by atoms with van der Waals surface area (Å²) < 4.78 is 5.78. The molecular weight excluding hydrogens is 220 g/mol. The second kappa shape index (κ2) is 6.15. The Hall–Kier alpha value is -0.690. The average Bonchev–Trinajstić information content (AvgIpc) is 2.39. The third-order valence-corrected chi connectivity index (χ3v) is 2.23. The lowest BCUT2D eigenvalue weighted by molar-refractivity contribution is 0.138. The van der Waals surface area contributed by atoms with Crippen molar-refractivity contribution in [3.8, 4) is 5.75 Å². The Bertz CT molecular complexity index is 332. The molecule has 0 spiro atoms. The Morgan fingerprint density at radius 1 is 1.25 bits per heavy atom. The van der Waals surface area contributed by atoms with Gasteiger partial charge in [0.05, 0.1) is 0 Å². The predicted octanol–water partition coefficient (Wildman–Crippen LogP) is 4.55. The first-order valence-electron chi connectivity index (χ1n) is 5.77. The van der Waals surface area contributed by atoms with E-state index in [9.17, 15) is 0 Å². The molecular formula is C14H23ClO. The summed E-state index contributed by atoms with van der Waals surface area (Å²) in [5.74, 6) is 1.07. The summed E-state index contributed by atoms with van der Waals surface area (Å²) in [5.41, 5.74) is 2.60. The fourth-order valence-corrected chi connectivity index (χ4v) is 1.70. The van der Waals surface area contributed by atoms with E-state index in [1.165, 1.54) is 17.5 Å². The van der Waals surface area contributed by atoms with Gasteiger partial charge in [0.2, 0.25) is 0 Å². The Morgan fingerprint density at radius 2 is 1.81 bits per heavy atom. The quantitative estimate of drug-likeness (QED) is 0.649. The molecule has 0 aliphatic carbocycles. The van der Waals surface area contributed by atoms with Gasteiger partial charge in [-0.15, -0.1) is 12.4 Å². The fourth-order valence-electron chi connectivity index (χ4n) is 1.70. The maximum Gasteiger partial charge on any atom is 0.123 e. The van der Waals surface area contributed by atoms with Crippen LogP contribution >= 0.6 is 12.4 Å². The van der Waals surface area contributed by atoms with Crippen LogP contribution in [0, 0.1) is 6.92 Å². The van der Waals surface area contributed by atoms with Gasteiger partial charge in [0, 0.05) is 6.42 Å². The van der Waals surface area contributed by atoms with Crippen LogP contribution in [-0.4, -0.2) is 5.60 Å². The average molecular weight is 243 g/mol. The van der Waals surface area contributed by atoms with Crippen molar-refractivity contribution in [1.82, 2.24) is 0 Å². The van der Waals surface area contributed by atoms with Crippen molar-refractivity contribution in [3.05, 3.63) is 29.3 Å². The number of hydrogen-bond acceptors (Lipinski definition) is 1. The van der Waals surface area contributed by atoms with Crippen molar-refractivity contribution in [2.45, 2.75) is 53.1 Å². The van der Waals surface area contributed by atoms with Crippen LogP contribution in [0.2, 0.25) is 0 Å². The minimum atomic E-state index is -0.00384. The molecule has 0 radical (unpaired) electrons. The molecule has 0 atom stereocenters. The minimum Gasteiger partial charge on any atom is -0.487 e. The first-order chi connectivity index (χ1) is 6.98. The zero-order chi connectivity index (χ0) is 11.5. The number of halogens is 1. The third kappa shape index (κ3) is 4.05. The Kier molecular flexibility index (Phi) is 5.88. The van der Waals surface area contributed by atoms with E-state index in [-0.39, 0.29) is 18.0 Å². The van der Waals surface area contributed by atoms with Gasteiger partial charge in [-0.2, -0.15) is 0 Å². The molecule has 0 aromatic heterocycles. The van der Waals surface area contributed by atoms with Crippen LogP contribution in [-0.2, 0) is 6.42 Å². The maximum atomic E-state index is 5.78. The molecule has 2 heteroatoms. The van der Waals surface area contributed by atoms with E-state index < -0.39 is 0 Å². The van der Waals surface area contributed by atoms with Gasteiger partial charge in [-0.3, -0.25) is 0 Å². The zero-order valence-corrected chi connectivity index (χ0v) is 11.8. The molecule has 1 aromatic rings. The lowest BCUT2D eigenvalue weighted by atomic mass is 10.0. The molecule has 0 amide bonds. The minimum absolute atomic E-state index is 0. The van der Waals surface area contributed by atoms with Crippen LogP contribution in [0.5, 0.6) is 5.75 Å². The van der Waals surface area contributed by atoms with E-state index in [2.05, 4.69) is 52.8 Å². The van der Waals surface area contributed by atoms with Crippen molar-refractivity contribution >= 4 is 12.4 Å². The largest absolute Gasteiger partial charge is 0.487 e. The van der Waals surface area contributed by atoms with Crippen LogP contribution in [0.15, 0.2) is 18.2 Å². The van der Waals surface area contributed by atoms with Gasteiger partial charge < -0.3 is 4.74 Å². The fraction of sp³-hybridized carbons (Fsp3) is 0.571. The Balaban J connectivity index is 0.000000511. The van der Waals surface area contributed by atoms with Gasteiger partial charge in [0.1, 0.15) is 11.4 Å². The van der Waals surface area contributed by atoms with Gasteiger partial charge in [-0.1, -0.05) is 32.4 Å². The van der Waals surface area contributed by atoms with Crippen LogP contribution in [0.1, 0.15) is 45.2 Å². The van der Waals surface area contributed by atoms with Crippen LogP contribution in [0.3, 0.4) is 0 Å². The van der Waals surface area contributed by atoms with Gasteiger partial charge in [0.25, 0.3) is 0 Å². The highest BCUT2D eigenvalue weighted by molar-refractivity contribution is 5.85. The third-order valence-electron chi connectivity index (χ3n) is 2.23. The SMILES string of the molecule is CCC.Cc1ccc2c(c1)OC(C)(C)C2.Cl. The second-order valence-electron chi connectivity index (χ2n) is 4.86. The summed E-state index contributed by atoms with van der Waals surface area (Å²) in [5, 5.41) is 0. The van der Waals surface area contributed by atoms with Crippen LogP contribution < -0.4 is 4.74 Å². The van der Waals surface area contributed by atoms with Crippen molar-refractivity contribution in [1.29, 1.82) is 0 Å². The highest BCUT2D eigenvalue weighted by Gasteiger charge is 2.29. The first-order valence-corrected chi connectivity index (χ1v) is 5.77. The molecule has 1 nitrogen and oxygen atoms in total. The summed E-state index contributed by atoms with van der Waals surface area (Å²) in [6, 6.07) is 6.42. The molecule has 1 aliphatic heterocycles. The molecule has 0 bridgehead atoms. The van der Waals surface area contributed by atoms with Crippen LogP contribution in [0.4, 0.5) is 0 Å². The summed E-state index contributed by atoms with van der Waals surface area (Å²) >= 11 is 0. The molecule has 1 aliphatic rings. The zero-order valence-electron chi connectivity index (χ0n) is 11.0. The standard InChI is InChI=1S/C11H14O.C3H8.ClH/c1-8-4-5-9-7-11(2,3)12-10(9)6-8;1-3-2;/h4-6H,7H2,1-3H3;3H2,1-2H3;1H. The van der Waals surface area contributed by atoms with E-state index in [1.807, 2.05) is 0 Å². The lowest BCUT2D eigenvalue weighted by Gasteiger charge is -2.16. The summed E-state index contributed by atoms with van der Waals surface area (Å²) in [6.07, 6.45) is 2.28. The number of ether oxygens (including phenoxy) is 1. The van der Waals surface area contributed by atoms with E-state index in [0.29, 0.717) is 0 Å². The smallest absolute Gasteiger partial charge is 0.123 e. The normalized spacial score (nSPS) is 15.1. The summed E-state index contributed by atoms with van der Waals surface area (Å²) in [6.45, 7) is 10.6. The molecule has 92 valence electrons. The predicted molar refractivity (Wildman–Crippen MR) is 72.8 cm³/mol. The molecule has 1 heterocycles. The number of hydrogen-bond donors (Lipinski definition) is 0. The number of fused-ring (bicyclic) bond motifs is 1. The van der Waals surface area contributed by atoms with Crippen molar-refractivity contribution < 1.29 is 4.74 Å². The van der Waals surface area contributed by atoms with Crippen molar-refractivity contribution in [3.63, 3.8) is 0 Å². The Labute approximate surface area is 106 Å². The lowest BCUT2D eigenvalue weighted by Crippen LogP contribution is -2.24. The van der Waals surface area contributed by atoms with Crippen molar-refractivity contribution in [2.24, 2.45) is 0 Å². The molecule has 16 heavy (non-hydrogen) atoms. The van der Waals surface area contributed by atoms with E-state index in [0.717, 1.165) is 12.2 Å². The molecule has 0 saturated carbocycles. The highest BCUT2D eigenvalue weighted by Crippen LogP contribution is 2.34. The summed E-state index contributed by atoms with van der Waals surface area (Å²) in [4.78, 5) is 0. The second-order valence-corrected chi connectivity index (χ2v) is 4.86. The number of benzene rings is 1. The number of aryl methyl sites for hydroxylation is 1. The topological polar surface area (TPSA) is 9.23 Å². The molecule has 1 aromatic carbocycles. The molecule has 0 unspecified atom stereocenters. The molecule has 0 N–H and O–H groups in total. The number of rotatable bonds is 0. The van der Waals surface area contributed by atoms with E-state index in [4.69, 9.17) is 4.74 Å². The Morgan fingerprint density at radius 3 is 2.38 bits per heavy atom. The molecule has 0 fully saturated rings. The first kappa shape index (κ1) is 15.3. The van der Waals surface area contributed by atoms with Gasteiger partial charge in [-0.25, -0.2) is 0 Å². The summed E-state index contributed by atoms with van der Waals surface area (Å²) in [7, 11) is 0. The van der Waals surface area contributed by atoms with Gasteiger partial charge in [-0.05, 0) is 38.0 Å². The molecule has 2 rings (SSSR count). The maximum absolute atomic E-state index is 5.78. The highest BCUT2D eigenvalue weighted by atomic mass is 35.5. The van der Waals surface area contributed by atoms with Crippen LogP contribution in [0.25, 0.3) is 0 Å². The monoisotopic (exact) mass is 242 g/mol. The van der Waals surface area contributed by atoms with E-state index >= 15 is 0 Å². The molecule has 0 saturated heterocycles. The van der Waals surface area contributed by atoms with Crippen molar-refractivity contribution in [2.75, 3.05) is 0 Å². The van der Waals surface area contributed by atoms with Gasteiger partial charge in [0.15, 0.2) is 0 Å². The van der Waals surface area contributed by atoms with Gasteiger partial charge >= 0.3 is 0 Å². The van der Waals surface area contributed by atoms with E-state index in [1.54, 1.807) is 0 Å².